The van der Waals surface area contributed by atoms with Crippen molar-refractivity contribution in [3.8, 4) is 0 Å². The molecule has 1 aromatic heterocycles. The summed E-state index contributed by atoms with van der Waals surface area (Å²) in [6.45, 7) is 2.13. The zero-order valence-corrected chi connectivity index (χ0v) is 13.1. The standard InChI is InChI=1S/C12H17ClN2O2.ClH.Cu/c1-2-17-12(16)10-8-14-15(11(10)13)9-6-4-3-5-7-9;;/h8-9H,2-7H2,1H3;1H;/q;;+1/p-1. The number of carbonyl (C=O) groups excluding carboxylic acids is 1. The Morgan fingerprint density at radius 1 is 1.47 bits per heavy atom. The summed E-state index contributed by atoms with van der Waals surface area (Å²) in [4.78, 5) is 11.6. The summed E-state index contributed by atoms with van der Waals surface area (Å²) in [7, 11) is 0. The quantitative estimate of drug-likeness (QED) is 0.575. The minimum Gasteiger partial charge on any atom is -1.00 e. The average Bonchev–Trinajstić information content (AvgIpc) is 2.72. The molecule has 19 heavy (non-hydrogen) atoms. The monoisotopic (exact) mass is 354 g/mol. The van der Waals surface area contributed by atoms with Crippen LogP contribution in [0.15, 0.2) is 6.20 Å². The number of hydrogen-bond donors (Lipinski definition) is 0. The SMILES string of the molecule is CCOC(=O)c1cnn(C2CCCCC2)c1Cl.[Cl-].[Cu+]. The zero-order valence-electron chi connectivity index (χ0n) is 10.7. The second kappa shape index (κ2) is 8.85. The first-order valence-electron chi connectivity index (χ1n) is 6.14. The minimum atomic E-state index is -0.389. The van der Waals surface area contributed by atoms with Gasteiger partial charge in [-0.25, -0.2) is 4.79 Å². The van der Waals surface area contributed by atoms with Crippen molar-refractivity contribution in [2.24, 2.45) is 0 Å². The molecule has 0 N–H and O–H groups in total. The van der Waals surface area contributed by atoms with E-state index < -0.39 is 0 Å². The van der Waals surface area contributed by atoms with Gasteiger partial charge in [-0.3, -0.25) is 4.68 Å². The van der Waals surface area contributed by atoms with E-state index in [2.05, 4.69) is 5.10 Å². The Morgan fingerprint density at radius 3 is 2.68 bits per heavy atom. The van der Waals surface area contributed by atoms with E-state index in [0.29, 0.717) is 23.4 Å². The fourth-order valence-electron chi connectivity index (χ4n) is 2.27. The molecular formula is C12H17Cl2CuN2O2. The van der Waals surface area contributed by atoms with Crippen molar-refractivity contribution >= 4 is 17.6 Å². The normalized spacial score (nSPS) is 15.3. The summed E-state index contributed by atoms with van der Waals surface area (Å²) < 4.78 is 6.70. The van der Waals surface area contributed by atoms with Crippen molar-refractivity contribution in [3.05, 3.63) is 16.9 Å². The van der Waals surface area contributed by atoms with Gasteiger partial charge in [-0.2, -0.15) is 5.10 Å². The first kappa shape index (κ1) is 18.8. The van der Waals surface area contributed by atoms with Crippen molar-refractivity contribution in [1.82, 2.24) is 9.78 Å². The first-order chi connectivity index (χ1) is 8.24. The molecule has 4 nitrogen and oxygen atoms in total. The Bertz CT molecular complexity index is 406. The van der Waals surface area contributed by atoms with E-state index in [1.54, 1.807) is 11.6 Å². The number of nitrogens with zero attached hydrogens (tertiary/aromatic N) is 2. The van der Waals surface area contributed by atoms with Crippen LogP contribution in [0.1, 0.15) is 55.4 Å². The fourth-order valence-corrected chi connectivity index (χ4v) is 2.58. The van der Waals surface area contributed by atoms with Crippen LogP contribution in [0.2, 0.25) is 5.15 Å². The summed E-state index contributed by atoms with van der Waals surface area (Å²) in [5.74, 6) is -0.389. The molecule has 0 bridgehead atoms. The zero-order chi connectivity index (χ0) is 12.3. The van der Waals surface area contributed by atoms with Crippen LogP contribution in [0.25, 0.3) is 0 Å². The molecular weight excluding hydrogens is 339 g/mol. The van der Waals surface area contributed by atoms with E-state index in [1.807, 2.05) is 0 Å². The second-order valence-corrected chi connectivity index (χ2v) is 4.66. The van der Waals surface area contributed by atoms with Gasteiger partial charge in [-0.05, 0) is 19.8 Å². The van der Waals surface area contributed by atoms with Gasteiger partial charge in [0.05, 0.1) is 18.8 Å². The van der Waals surface area contributed by atoms with Crippen LogP contribution in [0.4, 0.5) is 0 Å². The number of ether oxygens (including phenoxy) is 1. The smallest absolute Gasteiger partial charge is 1.00 e. The van der Waals surface area contributed by atoms with Gasteiger partial charge in [-0.15, -0.1) is 0 Å². The summed E-state index contributed by atoms with van der Waals surface area (Å²) in [5.41, 5.74) is 0.374. The van der Waals surface area contributed by atoms with Gasteiger partial charge in [0.2, 0.25) is 0 Å². The Morgan fingerprint density at radius 2 is 2.11 bits per heavy atom. The Labute approximate surface area is 135 Å². The molecule has 7 heteroatoms. The van der Waals surface area contributed by atoms with Crippen molar-refractivity contribution < 1.29 is 39.0 Å². The molecule has 0 aliphatic heterocycles. The minimum absolute atomic E-state index is 0. The largest absolute Gasteiger partial charge is 1.00 e. The molecule has 0 unspecified atom stereocenters. The van der Waals surface area contributed by atoms with Crippen LogP contribution >= 0.6 is 11.6 Å². The molecule has 1 fully saturated rings. The molecule has 0 spiro atoms. The third-order valence-electron chi connectivity index (χ3n) is 3.15. The molecule has 0 amide bonds. The Kier molecular flexibility index (Phi) is 8.75. The van der Waals surface area contributed by atoms with Crippen LogP contribution < -0.4 is 12.4 Å². The summed E-state index contributed by atoms with van der Waals surface area (Å²) in [6, 6.07) is 0.333. The molecule has 1 aliphatic carbocycles. The molecule has 1 aromatic rings. The van der Waals surface area contributed by atoms with E-state index in [9.17, 15) is 4.79 Å². The molecule has 0 saturated heterocycles. The number of esters is 1. The molecule has 0 radical (unpaired) electrons. The van der Waals surface area contributed by atoms with E-state index in [4.69, 9.17) is 16.3 Å². The molecule has 112 valence electrons. The number of carbonyl (C=O) groups is 1. The molecule has 0 aromatic carbocycles. The van der Waals surface area contributed by atoms with Crippen molar-refractivity contribution in [1.29, 1.82) is 0 Å². The van der Waals surface area contributed by atoms with Gasteiger partial charge < -0.3 is 17.1 Å². The second-order valence-electron chi connectivity index (χ2n) is 4.31. The number of rotatable bonds is 3. The van der Waals surface area contributed by atoms with Crippen LogP contribution in [0.5, 0.6) is 0 Å². The van der Waals surface area contributed by atoms with Gasteiger partial charge in [0, 0.05) is 0 Å². The van der Waals surface area contributed by atoms with Crippen LogP contribution in [-0.4, -0.2) is 22.4 Å². The van der Waals surface area contributed by atoms with Crippen LogP contribution in [0.3, 0.4) is 0 Å². The van der Waals surface area contributed by atoms with Gasteiger partial charge in [-0.1, -0.05) is 30.9 Å². The Balaban J connectivity index is 0.00000162. The number of halogens is 2. The Hall–Kier alpha value is -0.221. The summed E-state index contributed by atoms with van der Waals surface area (Å²) in [6.07, 6.45) is 7.37. The molecule has 0 atom stereocenters. The van der Waals surface area contributed by atoms with Crippen LogP contribution in [-0.2, 0) is 21.8 Å². The van der Waals surface area contributed by atoms with E-state index in [-0.39, 0.29) is 35.4 Å². The average molecular weight is 356 g/mol. The van der Waals surface area contributed by atoms with Crippen molar-refractivity contribution in [2.45, 2.75) is 45.1 Å². The first-order valence-corrected chi connectivity index (χ1v) is 6.52. The van der Waals surface area contributed by atoms with Gasteiger partial charge in [0.25, 0.3) is 0 Å². The third-order valence-corrected chi connectivity index (χ3v) is 3.53. The molecule has 1 saturated carbocycles. The van der Waals surface area contributed by atoms with E-state index >= 15 is 0 Å². The summed E-state index contributed by atoms with van der Waals surface area (Å²) >= 11 is 6.19. The van der Waals surface area contributed by atoms with E-state index in [1.165, 1.54) is 25.5 Å². The molecule has 1 aliphatic rings. The fraction of sp³-hybridized carbons (Fsp3) is 0.667. The van der Waals surface area contributed by atoms with Crippen LogP contribution in [0, 0.1) is 0 Å². The number of hydrogen-bond acceptors (Lipinski definition) is 3. The number of aromatic nitrogens is 2. The van der Waals surface area contributed by atoms with Gasteiger partial charge in [0.15, 0.2) is 0 Å². The maximum Gasteiger partial charge on any atom is 1.00 e. The predicted octanol–water partition coefficient (Wildman–Crippen LogP) is 0.220. The van der Waals surface area contributed by atoms with Gasteiger partial charge in [0.1, 0.15) is 10.7 Å². The topological polar surface area (TPSA) is 44.1 Å². The van der Waals surface area contributed by atoms with Crippen molar-refractivity contribution in [3.63, 3.8) is 0 Å². The maximum absolute atomic E-state index is 11.6. The summed E-state index contributed by atoms with van der Waals surface area (Å²) in [5, 5.41) is 4.64. The third kappa shape index (κ3) is 4.38. The molecule has 1 heterocycles. The van der Waals surface area contributed by atoms with E-state index in [0.717, 1.165) is 12.8 Å². The predicted molar refractivity (Wildman–Crippen MR) is 65.3 cm³/mol. The maximum atomic E-state index is 11.6. The molecule has 2 rings (SSSR count). The van der Waals surface area contributed by atoms with Gasteiger partial charge >= 0.3 is 23.0 Å². The van der Waals surface area contributed by atoms with Crippen molar-refractivity contribution in [2.75, 3.05) is 6.61 Å².